The number of nitrogens with two attached hydrogens (primary N) is 1. The molecule has 28 heteroatoms. The summed E-state index contributed by atoms with van der Waals surface area (Å²) in [6.07, 6.45) is 7.16. The number of aromatic nitrogens is 4. The van der Waals surface area contributed by atoms with E-state index in [1.54, 1.807) is 71.7 Å². The number of phenols is 2. The molecule has 0 saturated carbocycles. The van der Waals surface area contributed by atoms with Crippen LogP contribution < -0.4 is 43.0 Å². The summed E-state index contributed by atoms with van der Waals surface area (Å²) in [4.78, 5) is 142. The standard InChI is InChI=1S/C72H90N12O15S.C2H6/c73-67(91)58-17-8-9-27-84-42-51(82-83-84)36-49(37-55(88)43-99-32-31-98-30-29-97-28-10-14-52(85)13-4-7-18-64-66-62(44-100-64)80-72(96)81-66)69(93)78-59(38-50-40-74-57-16-6-5-15-56(50)57)63(89)39-48(33-46-19-23-53(86)24-20-46)68(92)79-60(35-47-21-25-54(87)26-22-47)70(94)75-41-65(90)76-61(71(95)77-58)34-45-11-2-1-3-12-45;1-2/h1-3,5-6,11-12,15-16,19-26,40,42,48-49,58-62,64,66,74,86-87H,4,7-10,13-14,17-18,27-39,41,43-44H2,(H2,73,91)(H,75,94)(H,76,90)(H,77,95)(H,78,93)(H,79,92)(H2,80,81,96);1-2H3/t48-,49+,58-,59+,60+,61+,62+,64+,66+;/m0./s1. The Morgan fingerprint density at radius 3 is 1.98 bits per heavy atom. The molecule has 0 aliphatic carbocycles. The van der Waals surface area contributed by atoms with Crippen LogP contribution in [-0.2, 0) is 96.0 Å². The highest BCUT2D eigenvalue weighted by Gasteiger charge is 2.43. The lowest BCUT2D eigenvalue weighted by atomic mass is 9.88. The zero-order chi connectivity index (χ0) is 72.8. The molecule has 12 N–H and O–H groups in total. The Kier molecular flexibility index (Phi) is 31.3. The number of thioether (sulfide) groups is 1. The number of phenolic OH excluding ortho intramolecular Hbond substituents is 2. The molecule has 9 atom stereocenters. The second-order valence-corrected chi connectivity index (χ2v) is 27.0. The molecule has 3 aliphatic rings. The van der Waals surface area contributed by atoms with E-state index in [4.69, 9.17) is 19.9 Å². The first-order valence-electron chi connectivity index (χ1n) is 35.2. The molecule has 8 amide bonds. The largest absolute Gasteiger partial charge is 0.508 e. The quantitative estimate of drug-likeness (QED) is 0.0234. The van der Waals surface area contributed by atoms with Crippen LogP contribution in [0.1, 0.15) is 112 Å². The van der Waals surface area contributed by atoms with Crippen molar-refractivity contribution < 1.29 is 72.4 Å². The molecule has 0 unspecified atom stereocenters. The number of Topliss-reactive ketones (excluding diaryl/α,β-unsaturated/α-hetero) is 3. The average Bonchev–Trinajstić information content (AvgIpc) is 1.64. The molecule has 6 aromatic rings. The number of nitrogens with one attached hydrogen (secondary N) is 8. The third-order valence-corrected chi connectivity index (χ3v) is 19.5. The van der Waals surface area contributed by atoms with Crippen molar-refractivity contribution in [1.29, 1.82) is 0 Å². The highest BCUT2D eigenvalue weighted by molar-refractivity contribution is 8.00. The summed E-state index contributed by atoms with van der Waals surface area (Å²) >= 11 is 1.87. The van der Waals surface area contributed by atoms with Gasteiger partial charge in [0, 0.05) is 105 Å². The van der Waals surface area contributed by atoms with Crippen molar-refractivity contribution in [3.63, 3.8) is 0 Å². The number of urea groups is 1. The van der Waals surface area contributed by atoms with Gasteiger partial charge in [-0.15, -0.1) is 5.10 Å². The lowest BCUT2D eigenvalue weighted by Crippen LogP contribution is -2.56. The molecule has 5 heterocycles. The third kappa shape index (κ3) is 25.2. The van der Waals surface area contributed by atoms with Crippen LogP contribution in [0.3, 0.4) is 0 Å². The van der Waals surface area contributed by atoms with E-state index in [2.05, 4.69) is 52.5 Å². The van der Waals surface area contributed by atoms with E-state index in [1.165, 1.54) is 24.3 Å². The van der Waals surface area contributed by atoms with Crippen LogP contribution in [-0.4, -0.2) is 182 Å². The van der Waals surface area contributed by atoms with E-state index in [0.29, 0.717) is 71.9 Å². The first-order chi connectivity index (χ1) is 49.4. The number of amides is 8. The van der Waals surface area contributed by atoms with Crippen LogP contribution >= 0.6 is 11.8 Å². The Labute approximate surface area is 597 Å². The smallest absolute Gasteiger partial charge is 0.315 e. The van der Waals surface area contributed by atoms with Gasteiger partial charge in [-0.05, 0) is 97.5 Å². The number of rotatable bonds is 28. The van der Waals surface area contributed by atoms with E-state index in [-0.39, 0.29) is 120 Å². The number of aromatic hydroxyl groups is 2. The van der Waals surface area contributed by atoms with Crippen LogP contribution in [0, 0.1) is 11.8 Å². The number of aromatic amines is 1. The maximum atomic E-state index is 15.3. The van der Waals surface area contributed by atoms with Crippen LogP contribution in [0.15, 0.2) is 116 Å². The van der Waals surface area contributed by atoms with E-state index < -0.39 is 96.0 Å². The number of hydrogen-bond donors (Lipinski definition) is 11. The van der Waals surface area contributed by atoms with Crippen LogP contribution in [0.25, 0.3) is 10.9 Å². The monoisotopic (exact) mass is 1420 g/mol. The fourth-order valence-electron chi connectivity index (χ4n) is 12.6. The lowest BCUT2D eigenvalue weighted by molar-refractivity contribution is -0.135. The maximum absolute atomic E-state index is 15.3. The van der Waals surface area contributed by atoms with Crippen molar-refractivity contribution in [2.24, 2.45) is 17.6 Å². The Balaban J connectivity index is 0.00000654. The number of primary amides is 1. The third-order valence-electron chi connectivity index (χ3n) is 18.0. The van der Waals surface area contributed by atoms with E-state index in [9.17, 15) is 43.8 Å². The number of aryl methyl sites for hydroxylation is 1. The number of ketones is 3. The van der Waals surface area contributed by atoms with Gasteiger partial charge in [0.05, 0.1) is 62.7 Å². The lowest BCUT2D eigenvalue weighted by Gasteiger charge is -2.25. The molecule has 3 aliphatic heterocycles. The van der Waals surface area contributed by atoms with Gasteiger partial charge in [-0.2, -0.15) is 11.8 Å². The molecule has 9 rings (SSSR count). The second-order valence-electron chi connectivity index (χ2n) is 25.7. The molecule has 102 heavy (non-hydrogen) atoms. The Morgan fingerprint density at radius 1 is 0.618 bits per heavy atom. The van der Waals surface area contributed by atoms with Crippen LogP contribution in [0.2, 0.25) is 0 Å². The highest BCUT2D eigenvalue weighted by Crippen LogP contribution is 2.33. The first-order valence-corrected chi connectivity index (χ1v) is 36.2. The highest BCUT2D eigenvalue weighted by atomic mass is 32.2. The Morgan fingerprint density at radius 2 is 1.25 bits per heavy atom. The minimum atomic E-state index is -1.40. The van der Waals surface area contributed by atoms with E-state index >= 15 is 14.4 Å². The number of fused-ring (bicyclic) bond motifs is 4. The maximum Gasteiger partial charge on any atom is 0.315 e. The minimum Gasteiger partial charge on any atom is -0.508 e. The molecule has 548 valence electrons. The Bertz CT molecular complexity index is 3740. The minimum absolute atomic E-state index is 0.00676. The molecule has 2 aromatic heterocycles. The summed E-state index contributed by atoms with van der Waals surface area (Å²) in [6, 6.07) is 23.3. The number of hydrogen-bond acceptors (Lipinski definition) is 18. The van der Waals surface area contributed by atoms with Crippen molar-refractivity contribution in [3.8, 4) is 11.5 Å². The average molecular weight is 1430 g/mol. The summed E-state index contributed by atoms with van der Waals surface area (Å²) in [6.45, 7) is 4.32. The van der Waals surface area contributed by atoms with E-state index in [0.717, 1.165) is 35.9 Å². The van der Waals surface area contributed by atoms with Crippen LogP contribution in [0.5, 0.6) is 11.5 Å². The number of para-hydroxylation sites is 1. The zero-order valence-electron chi connectivity index (χ0n) is 57.9. The molecular formula is C74H96N12O15S. The Hall–Kier alpha value is -9.51. The fourth-order valence-corrected chi connectivity index (χ4v) is 14.1. The molecule has 0 radical (unpaired) electrons. The number of ether oxygens (including phenoxy) is 3. The summed E-state index contributed by atoms with van der Waals surface area (Å²) in [5.41, 5.74) is 9.29. The number of carbonyl (C=O) groups excluding carboxylic acids is 10. The first kappa shape index (κ1) is 78.2. The number of H-pyrrole nitrogens is 1. The van der Waals surface area contributed by atoms with Gasteiger partial charge in [0.2, 0.25) is 35.4 Å². The van der Waals surface area contributed by atoms with Crippen molar-refractivity contribution >= 4 is 81.5 Å². The molecular weight excluding hydrogens is 1330 g/mol. The molecule has 2 bridgehead atoms. The van der Waals surface area contributed by atoms with Gasteiger partial charge in [0.1, 0.15) is 42.0 Å². The van der Waals surface area contributed by atoms with Gasteiger partial charge in [-0.3, -0.25) is 47.8 Å². The van der Waals surface area contributed by atoms with Crippen LogP contribution in [0.4, 0.5) is 4.79 Å². The second kappa shape index (κ2) is 40.8. The predicted molar refractivity (Wildman–Crippen MR) is 382 cm³/mol. The van der Waals surface area contributed by atoms with Gasteiger partial charge < -0.3 is 72.4 Å². The van der Waals surface area contributed by atoms with Crippen molar-refractivity contribution in [3.05, 3.63) is 143 Å². The van der Waals surface area contributed by atoms with Crippen molar-refractivity contribution in [2.45, 2.75) is 165 Å². The molecule has 27 nitrogen and oxygen atoms in total. The molecule has 2 saturated heterocycles. The van der Waals surface area contributed by atoms with Crippen molar-refractivity contribution in [2.75, 3.05) is 51.9 Å². The van der Waals surface area contributed by atoms with Gasteiger partial charge in [0.15, 0.2) is 11.6 Å². The van der Waals surface area contributed by atoms with Crippen molar-refractivity contribution in [1.82, 2.24) is 57.2 Å². The van der Waals surface area contributed by atoms with Gasteiger partial charge >= 0.3 is 6.03 Å². The normalized spacial score (nSPS) is 21.9. The van der Waals surface area contributed by atoms with Gasteiger partial charge in [-0.25, -0.2) is 4.79 Å². The number of nitrogens with zero attached hydrogens (tertiary/aromatic N) is 3. The van der Waals surface area contributed by atoms with Gasteiger partial charge in [-0.1, -0.05) is 98.3 Å². The topological polar surface area (TPSA) is 396 Å². The summed E-state index contributed by atoms with van der Waals surface area (Å²) in [5, 5.41) is 49.9. The predicted octanol–water partition coefficient (Wildman–Crippen LogP) is 4.71. The summed E-state index contributed by atoms with van der Waals surface area (Å²) in [5.74, 6) is -6.99. The number of benzene rings is 4. The van der Waals surface area contributed by atoms with Gasteiger partial charge in [0.25, 0.3) is 0 Å². The summed E-state index contributed by atoms with van der Waals surface area (Å²) in [7, 11) is 0. The summed E-state index contributed by atoms with van der Waals surface area (Å²) < 4.78 is 18.7. The molecule has 0 spiro atoms. The zero-order valence-corrected chi connectivity index (χ0v) is 58.7. The number of unbranched alkanes of at least 4 members (excludes halogenated alkanes) is 1. The molecule has 4 aromatic carbocycles. The number of carbonyl (C=O) groups is 10. The SMILES string of the molecule is CC.NC(=O)[C@@H]1CCCCn2cc(nn2)C[C@H](CC(=O)COCCOCCOCCCC(=O)CCCC[C@H]2SC[C@H]3NC(=O)N[C@H]32)C(=O)N[C@H](Cc2c[nH]c3ccccc23)C(=O)C[C@H](Cc2ccc(O)cc2)C(=O)N[C@H](Cc2ccc(O)cc2)C(=O)NCC(=O)N[C@H](Cc2ccccc2)C(=O)N1. The van der Waals surface area contributed by atoms with E-state index in [1.807, 2.05) is 49.9 Å². The molecule has 2 fully saturated rings. The fraction of sp³-hybridized carbons (Fsp3) is 0.486.